The van der Waals surface area contributed by atoms with Crippen molar-refractivity contribution < 1.29 is 19.0 Å². The molecule has 1 N–H and O–H groups in total. The zero-order chi connectivity index (χ0) is 25.3. The van der Waals surface area contributed by atoms with Crippen LogP contribution in [0.4, 0.5) is 5.82 Å². The number of ether oxygens (including phenoxy) is 3. The summed E-state index contributed by atoms with van der Waals surface area (Å²) < 4.78 is 16.2. The summed E-state index contributed by atoms with van der Waals surface area (Å²) in [7, 11) is 3.14. The van der Waals surface area contributed by atoms with Crippen LogP contribution in [0.25, 0.3) is 0 Å². The number of nitrogens with zero attached hydrogens (tertiary/aromatic N) is 2. The zero-order valence-corrected chi connectivity index (χ0v) is 22.0. The van der Waals surface area contributed by atoms with Crippen molar-refractivity contribution in [1.29, 1.82) is 0 Å². The van der Waals surface area contributed by atoms with Gasteiger partial charge in [0.25, 0.3) is 0 Å². The lowest BCUT2D eigenvalue weighted by atomic mass is 9.94. The minimum absolute atomic E-state index is 0.0221. The number of aromatic nitrogens is 1. The quantitative estimate of drug-likeness (QED) is 0.436. The van der Waals surface area contributed by atoms with E-state index in [-0.39, 0.29) is 18.0 Å². The number of hydrogen-bond donors (Lipinski definition) is 1. The fraction of sp³-hybridized carbons (Fsp3) is 0.586. The van der Waals surface area contributed by atoms with E-state index in [0.29, 0.717) is 18.9 Å². The lowest BCUT2D eigenvalue weighted by molar-refractivity contribution is -0.141. The van der Waals surface area contributed by atoms with Gasteiger partial charge in [-0.2, -0.15) is 0 Å². The van der Waals surface area contributed by atoms with Gasteiger partial charge in [0.1, 0.15) is 18.2 Å². The Morgan fingerprint density at radius 1 is 1.25 bits per heavy atom. The molecule has 196 valence electrons. The van der Waals surface area contributed by atoms with Crippen molar-refractivity contribution in [2.75, 3.05) is 52.3 Å². The topological polar surface area (TPSA) is 72.9 Å². The maximum absolute atomic E-state index is 12.2. The lowest BCUT2D eigenvalue weighted by Crippen LogP contribution is -2.28. The number of pyridine rings is 1. The van der Waals surface area contributed by atoms with E-state index in [1.54, 1.807) is 7.11 Å². The molecule has 2 aliphatic rings. The molecule has 3 heterocycles. The lowest BCUT2D eigenvalue weighted by Gasteiger charge is -2.24. The first-order valence-electron chi connectivity index (χ1n) is 13.3. The van der Waals surface area contributed by atoms with E-state index in [9.17, 15) is 4.79 Å². The summed E-state index contributed by atoms with van der Waals surface area (Å²) in [6.45, 7) is 6.45. The fourth-order valence-corrected chi connectivity index (χ4v) is 5.20. The third-order valence-electron chi connectivity index (χ3n) is 7.47. The van der Waals surface area contributed by atoms with Crippen molar-refractivity contribution in [3.63, 3.8) is 0 Å². The molecule has 4 rings (SSSR count). The van der Waals surface area contributed by atoms with Gasteiger partial charge in [0.15, 0.2) is 0 Å². The average Bonchev–Trinajstić information content (AvgIpc) is 3.37. The van der Waals surface area contributed by atoms with Gasteiger partial charge in [0.05, 0.1) is 19.6 Å². The monoisotopic (exact) mass is 495 g/mol. The number of fused-ring (bicyclic) bond motifs is 1. The summed E-state index contributed by atoms with van der Waals surface area (Å²) in [5, 5.41) is 3.44. The summed E-state index contributed by atoms with van der Waals surface area (Å²) >= 11 is 0. The first kappa shape index (κ1) is 26.4. The van der Waals surface area contributed by atoms with Crippen molar-refractivity contribution in [3.05, 3.63) is 53.2 Å². The Morgan fingerprint density at radius 2 is 2.14 bits per heavy atom. The third kappa shape index (κ3) is 7.43. The number of anilines is 1. The maximum Gasteiger partial charge on any atom is 0.306 e. The number of likely N-dealkylation sites (tertiary alicyclic amines) is 1. The van der Waals surface area contributed by atoms with Gasteiger partial charge in [-0.25, -0.2) is 4.98 Å². The molecule has 0 radical (unpaired) electrons. The molecule has 0 aliphatic carbocycles. The molecule has 1 saturated heterocycles. The Labute approximate surface area is 215 Å². The predicted octanol–water partition coefficient (Wildman–Crippen LogP) is 4.45. The van der Waals surface area contributed by atoms with Crippen LogP contribution in [0.3, 0.4) is 0 Å². The van der Waals surface area contributed by atoms with Gasteiger partial charge < -0.3 is 24.4 Å². The van der Waals surface area contributed by atoms with Crippen LogP contribution in [0.2, 0.25) is 0 Å². The minimum Gasteiger partial charge on any atom is -0.491 e. The smallest absolute Gasteiger partial charge is 0.306 e. The van der Waals surface area contributed by atoms with Gasteiger partial charge in [-0.1, -0.05) is 18.2 Å². The van der Waals surface area contributed by atoms with Crippen molar-refractivity contribution in [2.45, 2.75) is 57.5 Å². The van der Waals surface area contributed by atoms with Gasteiger partial charge >= 0.3 is 5.97 Å². The molecule has 2 aliphatic heterocycles. The molecule has 36 heavy (non-hydrogen) atoms. The minimum atomic E-state index is -0.179. The molecule has 7 heteroatoms. The van der Waals surface area contributed by atoms with Gasteiger partial charge in [-0.3, -0.25) is 4.79 Å². The van der Waals surface area contributed by atoms with Crippen LogP contribution in [0, 0.1) is 5.92 Å². The number of esters is 1. The molecular formula is C29H41N3O4. The van der Waals surface area contributed by atoms with E-state index in [1.165, 1.54) is 31.2 Å². The molecular weight excluding hydrogens is 454 g/mol. The van der Waals surface area contributed by atoms with Crippen LogP contribution < -0.4 is 10.1 Å². The molecule has 2 aromatic rings. The highest BCUT2D eigenvalue weighted by Crippen LogP contribution is 2.29. The molecule has 1 fully saturated rings. The highest BCUT2D eigenvalue weighted by molar-refractivity contribution is 5.70. The SMILES string of the molecule is COC(=O)CC(CN1CC[C@@H](CCc2ccc3c(n2)NCCC3)C1)c1cccc(OCC(C)OC)c1. The van der Waals surface area contributed by atoms with Gasteiger partial charge in [-0.05, 0) is 80.8 Å². The van der Waals surface area contributed by atoms with E-state index in [4.69, 9.17) is 19.2 Å². The first-order valence-corrected chi connectivity index (χ1v) is 13.3. The Bertz CT molecular complexity index is 998. The molecule has 0 spiro atoms. The average molecular weight is 496 g/mol. The van der Waals surface area contributed by atoms with Gasteiger partial charge in [0, 0.05) is 38.4 Å². The number of methoxy groups -OCH3 is 2. The number of rotatable bonds is 12. The number of benzene rings is 1. The largest absolute Gasteiger partial charge is 0.491 e. The van der Waals surface area contributed by atoms with E-state index in [0.717, 1.165) is 62.6 Å². The number of aryl methyl sites for hydroxylation is 2. The summed E-state index contributed by atoms with van der Waals surface area (Å²) in [6, 6.07) is 12.5. The van der Waals surface area contributed by atoms with Crippen molar-refractivity contribution in [1.82, 2.24) is 9.88 Å². The van der Waals surface area contributed by atoms with Gasteiger partial charge in [0.2, 0.25) is 0 Å². The third-order valence-corrected chi connectivity index (χ3v) is 7.47. The molecule has 2 unspecified atom stereocenters. The van der Waals surface area contributed by atoms with Crippen LogP contribution in [0.5, 0.6) is 5.75 Å². The van der Waals surface area contributed by atoms with Crippen molar-refractivity contribution in [2.24, 2.45) is 5.92 Å². The molecule has 0 saturated carbocycles. The molecule has 7 nitrogen and oxygen atoms in total. The van der Waals surface area contributed by atoms with Crippen LogP contribution in [0.1, 0.15) is 55.3 Å². The first-order chi connectivity index (χ1) is 17.5. The highest BCUT2D eigenvalue weighted by Gasteiger charge is 2.27. The standard InChI is InChI=1S/C29H41N3O4/c1-21(34-2)20-36-27-8-4-6-24(16-27)25(17-28(33)35-3)19-32-15-13-22(18-32)9-11-26-12-10-23-7-5-14-30-29(23)31-26/h4,6,8,10,12,16,21-22,25H,5,7,9,11,13-15,17-20H2,1-3H3,(H,30,31)/t21?,22-,25?/m1/s1. The number of carbonyl (C=O) groups is 1. The van der Waals surface area contributed by atoms with E-state index in [2.05, 4.69) is 34.5 Å². The maximum atomic E-state index is 12.2. The fourth-order valence-electron chi connectivity index (χ4n) is 5.20. The zero-order valence-electron chi connectivity index (χ0n) is 22.0. The van der Waals surface area contributed by atoms with Crippen LogP contribution in [-0.4, -0.2) is 69.0 Å². The van der Waals surface area contributed by atoms with E-state index >= 15 is 0 Å². The Morgan fingerprint density at radius 3 is 2.97 bits per heavy atom. The molecule has 0 amide bonds. The second-order valence-electron chi connectivity index (χ2n) is 10.2. The second kappa shape index (κ2) is 13.1. The molecule has 0 bridgehead atoms. The second-order valence-corrected chi connectivity index (χ2v) is 10.2. The molecule has 1 aromatic carbocycles. The summed E-state index contributed by atoms with van der Waals surface area (Å²) in [4.78, 5) is 19.6. The van der Waals surface area contributed by atoms with E-state index in [1.807, 2.05) is 19.1 Å². The van der Waals surface area contributed by atoms with Crippen LogP contribution in [-0.2, 0) is 27.1 Å². The Hall–Kier alpha value is -2.64. The predicted molar refractivity (Wildman–Crippen MR) is 142 cm³/mol. The Balaban J connectivity index is 1.33. The Kier molecular flexibility index (Phi) is 9.59. The number of hydrogen-bond acceptors (Lipinski definition) is 7. The molecule has 3 atom stereocenters. The normalized spacial score (nSPS) is 19.2. The highest BCUT2D eigenvalue weighted by atomic mass is 16.5. The summed E-state index contributed by atoms with van der Waals surface area (Å²) in [5.41, 5.74) is 3.64. The molecule has 1 aromatic heterocycles. The summed E-state index contributed by atoms with van der Waals surface area (Å²) in [5.74, 6) is 2.42. The number of carbonyl (C=O) groups excluding carboxylic acids is 1. The van der Waals surface area contributed by atoms with Gasteiger partial charge in [-0.15, -0.1) is 0 Å². The van der Waals surface area contributed by atoms with E-state index < -0.39 is 0 Å². The van der Waals surface area contributed by atoms with Crippen LogP contribution in [0.15, 0.2) is 36.4 Å². The number of nitrogens with one attached hydrogen (secondary N) is 1. The van der Waals surface area contributed by atoms with Crippen LogP contribution >= 0.6 is 0 Å². The van der Waals surface area contributed by atoms with Crippen molar-refractivity contribution >= 4 is 11.8 Å². The van der Waals surface area contributed by atoms with Crippen molar-refractivity contribution in [3.8, 4) is 5.75 Å². The summed E-state index contributed by atoms with van der Waals surface area (Å²) in [6.07, 6.45) is 6.04.